The quantitative estimate of drug-likeness (QED) is 0.660. The first-order valence-corrected chi connectivity index (χ1v) is 12.6. The minimum Gasteiger partial charge on any atom is -0.348 e. The molecule has 34 heavy (non-hydrogen) atoms. The molecule has 0 bridgehead atoms. The summed E-state index contributed by atoms with van der Waals surface area (Å²) in [5, 5.41) is 6.24. The molecule has 2 aromatic carbocycles. The highest BCUT2D eigenvalue weighted by atomic mass is 16.2. The van der Waals surface area contributed by atoms with Crippen LogP contribution in [-0.4, -0.2) is 60.9 Å². The molecule has 1 heterocycles. The van der Waals surface area contributed by atoms with Crippen LogP contribution in [0.4, 0.5) is 5.69 Å². The molecule has 1 aliphatic heterocycles. The highest BCUT2D eigenvalue weighted by Crippen LogP contribution is 2.25. The number of rotatable bonds is 7. The van der Waals surface area contributed by atoms with Crippen LogP contribution in [0.5, 0.6) is 0 Å². The molecule has 1 aliphatic carbocycles. The van der Waals surface area contributed by atoms with Gasteiger partial charge in [-0.05, 0) is 74.3 Å². The summed E-state index contributed by atoms with van der Waals surface area (Å²) in [7, 11) is 0. The van der Waals surface area contributed by atoms with Crippen LogP contribution in [0.25, 0.3) is 0 Å². The normalized spacial score (nSPS) is 17.6. The molecule has 0 radical (unpaired) electrons. The van der Waals surface area contributed by atoms with Gasteiger partial charge in [0, 0.05) is 31.9 Å². The molecule has 2 amide bonds. The van der Waals surface area contributed by atoms with Crippen LogP contribution < -0.4 is 10.6 Å². The third-order valence-electron chi connectivity index (χ3n) is 7.19. The lowest BCUT2D eigenvalue weighted by Crippen LogP contribution is -2.51. The maximum atomic E-state index is 12.7. The monoisotopic (exact) mass is 462 g/mol. The van der Waals surface area contributed by atoms with Gasteiger partial charge in [0.05, 0.1) is 19.1 Å². The fraction of sp³-hybridized carbons (Fsp3) is 0.500. The zero-order valence-electron chi connectivity index (χ0n) is 20.8. The predicted molar refractivity (Wildman–Crippen MR) is 137 cm³/mol. The van der Waals surface area contributed by atoms with Crippen LogP contribution in [0.1, 0.15) is 53.6 Å². The van der Waals surface area contributed by atoms with Gasteiger partial charge in [0.15, 0.2) is 0 Å². The Morgan fingerprint density at radius 2 is 1.44 bits per heavy atom. The summed E-state index contributed by atoms with van der Waals surface area (Å²) in [6.07, 6.45) is 4.87. The van der Waals surface area contributed by atoms with Gasteiger partial charge in [-0.3, -0.25) is 19.4 Å². The Bertz CT molecular complexity index is 1010. The first-order valence-electron chi connectivity index (χ1n) is 12.6. The van der Waals surface area contributed by atoms with Crippen molar-refractivity contribution in [3.63, 3.8) is 0 Å². The van der Waals surface area contributed by atoms with Crippen molar-refractivity contribution in [1.29, 1.82) is 0 Å². The lowest BCUT2D eigenvalue weighted by molar-refractivity contribution is -0.124. The van der Waals surface area contributed by atoms with E-state index >= 15 is 0 Å². The van der Waals surface area contributed by atoms with Gasteiger partial charge < -0.3 is 10.6 Å². The van der Waals surface area contributed by atoms with E-state index in [1.165, 1.54) is 36.0 Å². The minimum absolute atomic E-state index is 0.00890. The van der Waals surface area contributed by atoms with Crippen molar-refractivity contribution in [3.8, 4) is 0 Å². The molecular formula is C28H38N4O2. The predicted octanol–water partition coefficient (Wildman–Crippen LogP) is 3.62. The van der Waals surface area contributed by atoms with E-state index < -0.39 is 0 Å². The van der Waals surface area contributed by atoms with E-state index in [1.54, 1.807) is 0 Å². The van der Waals surface area contributed by atoms with Crippen molar-refractivity contribution < 1.29 is 9.59 Å². The van der Waals surface area contributed by atoms with E-state index in [0.717, 1.165) is 49.4 Å². The van der Waals surface area contributed by atoms with Gasteiger partial charge in [-0.2, -0.15) is 0 Å². The van der Waals surface area contributed by atoms with E-state index in [-0.39, 0.29) is 17.9 Å². The van der Waals surface area contributed by atoms with Crippen LogP contribution in [0, 0.1) is 13.8 Å². The Morgan fingerprint density at radius 1 is 0.853 bits per heavy atom. The molecular weight excluding hydrogens is 424 g/mol. The number of nitrogens with one attached hydrogen (secondary N) is 2. The standard InChI is InChI=1S/C28H38N4O2/c1-20-7-6-8-21(2)28(20)30-27(34)19-32-15-13-31(14-16-32)18-26(33)29-22(3)24-12-11-23-9-4-5-10-25(23)17-24/h6-8,11-12,17,22H,4-5,9-10,13-16,18-19H2,1-3H3,(H,29,33)(H,30,34). The summed E-state index contributed by atoms with van der Waals surface area (Å²) >= 11 is 0. The molecule has 2 aromatic rings. The van der Waals surface area contributed by atoms with Crippen molar-refractivity contribution >= 4 is 17.5 Å². The van der Waals surface area contributed by atoms with Gasteiger partial charge in [0.2, 0.25) is 11.8 Å². The largest absolute Gasteiger partial charge is 0.348 e. The van der Waals surface area contributed by atoms with Crippen LogP contribution in [0.15, 0.2) is 36.4 Å². The Hall–Kier alpha value is -2.70. The Kier molecular flexibility index (Phi) is 8.01. The average Bonchev–Trinajstić information content (AvgIpc) is 2.82. The van der Waals surface area contributed by atoms with E-state index in [1.807, 2.05) is 32.0 Å². The van der Waals surface area contributed by atoms with Crippen LogP contribution in [-0.2, 0) is 22.4 Å². The van der Waals surface area contributed by atoms with Gasteiger partial charge in [-0.15, -0.1) is 0 Å². The second kappa shape index (κ2) is 11.2. The van der Waals surface area contributed by atoms with Gasteiger partial charge >= 0.3 is 0 Å². The number of piperazine rings is 1. The number of carbonyl (C=O) groups excluding carboxylic acids is 2. The molecule has 1 atom stereocenters. The SMILES string of the molecule is Cc1cccc(C)c1NC(=O)CN1CCN(CC(=O)NC(C)c2ccc3c(c2)CCCC3)CC1. The molecule has 2 aliphatic rings. The average molecular weight is 463 g/mol. The molecule has 2 N–H and O–H groups in total. The first-order chi connectivity index (χ1) is 16.4. The number of aryl methyl sites for hydroxylation is 4. The molecule has 0 aromatic heterocycles. The lowest BCUT2D eigenvalue weighted by Gasteiger charge is -2.34. The first kappa shape index (κ1) is 24.4. The van der Waals surface area contributed by atoms with Crippen LogP contribution >= 0.6 is 0 Å². The Morgan fingerprint density at radius 3 is 2.09 bits per heavy atom. The highest BCUT2D eigenvalue weighted by Gasteiger charge is 2.22. The van der Waals surface area contributed by atoms with Crippen molar-refractivity contribution in [3.05, 3.63) is 64.2 Å². The number of hydrogen-bond donors (Lipinski definition) is 2. The van der Waals surface area contributed by atoms with E-state index in [4.69, 9.17) is 0 Å². The molecule has 1 saturated heterocycles. The summed E-state index contributed by atoms with van der Waals surface area (Å²) < 4.78 is 0. The third kappa shape index (κ3) is 6.24. The number of fused-ring (bicyclic) bond motifs is 1. The van der Waals surface area contributed by atoms with Crippen molar-refractivity contribution in [1.82, 2.24) is 15.1 Å². The number of carbonyl (C=O) groups is 2. The Labute approximate surface area is 203 Å². The topological polar surface area (TPSA) is 64.7 Å². The lowest BCUT2D eigenvalue weighted by atomic mass is 9.89. The summed E-state index contributed by atoms with van der Waals surface area (Å²) in [6, 6.07) is 12.7. The van der Waals surface area contributed by atoms with Gasteiger partial charge in [-0.1, -0.05) is 36.4 Å². The number of anilines is 1. The molecule has 182 valence electrons. The molecule has 4 rings (SSSR count). The Balaban J connectivity index is 1.20. The zero-order valence-corrected chi connectivity index (χ0v) is 20.8. The van der Waals surface area contributed by atoms with Crippen LogP contribution in [0.2, 0.25) is 0 Å². The highest BCUT2D eigenvalue weighted by molar-refractivity contribution is 5.93. The third-order valence-corrected chi connectivity index (χ3v) is 7.19. The van der Waals surface area contributed by atoms with Crippen molar-refractivity contribution in [2.24, 2.45) is 0 Å². The summed E-state index contributed by atoms with van der Waals surface area (Å²) in [5.41, 5.74) is 7.17. The molecule has 6 heteroatoms. The van der Waals surface area contributed by atoms with Crippen molar-refractivity contribution in [2.75, 3.05) is 44.6 Å². The van der Waals surface area contributed by atoms with Crippen molar-refractivity contribution in [2.45, 2.75) is 52.5 Å². The van der Waals surface area contributed by atoms with E-state index in [9.17, 15) is 9.59 Å². The molecule has 0 spiro atoms. The maximum absolute atomic E-state index is 12.7. The fourth-order valence-corrected chi connectivity index (χ4v) is 5.10. The molecule has 6 nitrogen and oxygen atoms in total. The molecule has 1 fully saturated rings. The van der Waals surface area contributed by atoms with Gasteiger partial charge in [0.25, 0.3) is 0 Å². The smallest absolute Gasteiger partial charge is 0.238 e. The number of amides is 2. The van der Waals surface area contributed by atoms with E-state index in [0.29, 0.717) is 13.1 Å². The molecule has 0 saturated carbocycles. The zero-order chi connectivity index (χ0) is 24.1. The summed E-state index contributed by atoms with van der Waals surface area (Å²) in [4.78, 5) is 29.6. The van der Waals surface area contributed by atoms with Gasteiger partial charge in [0.1, 0.15) is 0 Å². The number of hydrogen-bond acceptors (Lipinski definition) is 4. The number of benzene rings is 2. The number of nitrogens with zero attached hydrogens (tertiary/aromatic N) is 2. The number of para-hydroxylation sites is 1. The van der Waals surface area contributed by atoms with Gasteiger partial charge in [-0.25, -0.2) is 0 Å². The minimum atomic E-state index is 0.00890. The second-order valence-electron chi connectivity index (χ2n) is 9.89. The second-order valence-corrected chi connectivity index (χ2v) is 9.89. The van der Waals surface area contributed by atoms with E-state index in [2.05, 4.69) is 45.6 Å². The van der Waals surface area contributed by atoms with Crippen LogP contribution in [0.3, 0.4) is 0 Å². The maximum Gasteiger partial charge on any atom is 0.238 e. The fourth-order valence-electron chi connectivity index (χ4n) is 5.10. The molecule has 1 unspecified atom stereocenters. The summed E-state index contributed by atoms with van der Waals surface area (Å²) in [6.45, 7) is 10.0. The summed E-state index contributed by atoms with van der Waals surface area (Å²) in [5.74, 6) is 0.0777.